The molecule has 2 rings (SSSR count). The Bertz CT molecular complexity index is 547. The lowest BCUT2D eigenvalue weighted by atomic mass is 10.3. The molecule has 2 N–H and O–H groups in total. The van der Waals surface area contributed by atoms with Gasteiger partial charge in [-0.1, -0.05) is 11.6 Å². The minimum atomic E-state index is -3.30. The Kier molecular flexibility index (Phi) is 5.11. The SMILES string of the molecule is O=S(=O)(CCCNC1CC1)Nc1ccc(Cl)c(Br)c1. The van der Waals surface area contributed by atoms with E-state index in [1.165, 1.54) is 12.8 Å². The van der Waals surface area contributed by atoms with Gasteiger partial charge in [0.05, 0.1) is 10.8 Å². The second kappa shape index (κ2) is 6.43. The van der Waals surface area contributed by atoms with Crippen molar-refractivity contribution < 1.29 is 8.42 Å². The van der Waals surface area contributed by atoms with Crippen molar-refractivity contribution in [1.82, 2.24) is 5.32 Å². The number of nitrogens with one attached hydrogen (secondary N) is 2. The van der Waals surface area contributed by atoms with Crippen LogP contribution >= 0.6 is 27.5 Å². The molecule has 0 saturated heterocycles. The normalized spacial score (nSPS) is 15.5. The minimum Gasteiger partial charge on any atom is -0.314 e. The summed E-state index contributed by atoms with van der Waals surface area (Å²) in [5.74, 6) is 0.118. The Hall–Kier alpha value is -0.300. The molecular formula is C12H16BrClN2O2S. The number of halogens is 2. The lowest BCUT2D eigenvalue weighted by molar-refractivity contribution is 0.593. The molecule has 0 atom stereocenters. The summed E-state index contributed by atoms with van der Waals surface area (Å²) >= 11 is 9.12. The van der Waals surface area contributed by atoms with Crippen LogP contribution in [0.3, 0.4) is 0 Å². The van der Waals surface area contributed by atoms with Crippen molar-refractivity contribution in [1.29, 1.82) is 0 Å². The third-order valence-corrected chi connectivity index (χ3v) is 5.38. The maximum atomic E-state index is 11.9. The van der Waals surface area contributed by atoms with E-state index in [1.54, 1.807) is 18.2 Å². The molecule has 1 aromatic carbocycles. The summed E-state index contributed by atoms with van der Waals surface area (Å²) in [4.78, 5) is 0. The van der Waals surface area contributed by atoms with E-state index in [0.29, 0.717) is 27.6 Å². The van der Waals surface area contributed by atoms with Crippen molar-refractivity contribution in [2.45, 2.75) is 25.3 Å². The quantitative estimate of drug-likeness (QED) is 0.728. The molecule has 19 heavy (non-hydrogen) atoms. The first-order valence-corrected chi connectivity index (χ1v) is 8.97. The van der Waals surface area contributed by atoms with E-state index in [-0.39, 0.29) is 5.75 Å². The summed E-state index contributed by atoms with van der Waals surface area (Å²) < 4.78 is 27.0. The van der Waals surface area contributed by atoms with Crippen LogP contribution in [-0.2, 0) is 10.0 Å². The maximum Gasteiger partial charge on any atom is 0.232 e. The smallest absolute Gasteiger partial charge is 0.232 e. The fourth-order valence-electron chi connectivity index (χ4n) is 1.65. The Balaban J connectivity index is 1.82. The van der Waals surface area contributed by atoms with E-state index >= 15 is 0 Å². The molecule has 0 amide bonds. The molecule has 1 aromatic rings. The van der Waals surface area contributed by atoms with Crippen LogP contribution in [0.15, 0.2) is 22.7 Å². The van der Waals surface area contributed by atoms with Gasteiger partial charge in [-0.05, 0) is 59.9 Å². The van der Waals surface area contributed by atoms with Gasteiger partial charge in [0.1, 0.15) is 0 Å². The Labute approximate surface area is 127 Å². The molecule has 1 fully saturated rings. The van der Waals surface area contributed by atoms with E-state index in [2.05, 4.69) is 26.0 Å². The zero-order chi connectivity index (χ0) is 13.9. The number of benzene rings is 1. The summed E-state index contributed by atoms with van der Waals surface area (Å²) in [6.07, 6.45) is 3.04. The molecule has 1 saturated carbocycles. The minimum absolute atomic E-state index is 0.118. The second-order valence-corrected chi connectivity index (χ2v) is 7.74. The summed E-state index contributed by atoms with van der Waals surface area (Å²) in [5.41, 5.74) is 0.520. The molecule has 0 radical (unpaired) electrons. The topological polar surface area (TPSA) is 58.2 Å². The third kappa shape index (κ3) is 5.30. The Morgan fingerprint density at radius 3 is 2.74 bits per heavy atom. The van der Waals surface area contributed by atoms with Crippen molar-refractivity contribution in [3.8, 4) is 0 Å². The van der Waals surface area contributed by atoms with Gasteiger partial charge < -0.3 is 5.32 Å². The van der Waals surface area contributed by atoms with Crippen molar-refractivity contribution in [3.63, 3.8) is 0 Å². The Morgan fingerprint density at radius 1 is 1.37 bits per heavy atom. The first-order valence-electron chi connectivity index (χ1n) is 6.15. The van der Waals surface area contributed by atoms with E-state index in [9.17, 15) is 8.42 Å². The zero-order valence-corrected chi connectivity index (χ0v) is 13.5. The molecule has 0 aliphatic heterocycles. The fraction of sp³-hybridized carbons (Fsp3) is 0.500. The molecule has 106 valence electrons. The molecule has 0 heterocycles. The summed E-state index contributed by atoms with van der Waals surface area (Å²) in [6, 6.07) is 5.57. The summed E-state index contributed by atoms with van der Waals surface area (Å²) in [5, 5.41) is 3.84. The van der Waals surface area contributed by atoms with Gasteiger partial charge in [0.2, 0.25) is 10.0 Å². The van der Waals surface area contributed by atoms with Gasteiger partial charge >= 0.3 is 0 Å². The number of hydrogen-bond donors (Lipinski definition) is 2. The largest absolute Gasteiger partial charge is 0.314 e. The lowest BCUT2D eigenvalue weighted by Gasteiger charge is -2.09. The summed E-state index contributed by atoms with van der Waals surface area (Å²) in [7, 11) is -3.30. The van der Waals surface area contributed by atoms with Crippen LogP contribution in [0, 0.1) is 0 Å². The van der Waals surface area contributed by atoms with Gasteiger partial charge in [0, 0.05) is 16.2 Å². The average molecular weight is 368 g/mol. The fourth-order valence-corrected chi connectivity index (χ4v) is 3.25. The van der Waals surface area contributed by atoms with Gasteiger partial charge in [-0.25, -0.2) is 8.42 Å². The maximum absolute atomic E-state index is 11.9. The molecule has 0 bridgehead atoms. The van der Waals surface area contributed by atoms with Gasteiger partial charge in [-0.3, -0.25) is 4.72 Å². The van der Waals surface area contributed by atoms with E-state index in [4.69, 9.17) is 11.6 Å². The van der Waals surface area contributed by atoms with E-state index in [0.717, 1.165) is 6.54 Å². The van der Waals surface area contributed by atoms with Gasteiger partial charge in [0.25, 0.3) is 0 Å². The molecule has 7 heteroatoms. The standard InChI is InChI=1S/C12H16BrClN2O2S/c13-11-8-10(4-5-12(11)14)16-19(17,18)7-1-6-15-9-2-3-9/h4-5,8-9,15-16H,1-3,6-7H2. The number of hydrogen-bond acceptors (Lipinski definition) is 3. The predicted octanol–water partition coefficient (Wildman–Crippen LogP) is 2.99. The highest BCUT2D eigenvalue weighted by atomic mass is 79.9. The summed E-state index contributed by atoms with van der Waals surface area (Å²) in [6.45, 7) is 0.746. The first-order chi connectivity index (χ1) is 8.96. The molecule has 0 aromatic heterocycles. The van der Waals surface area contributed by atoms with Crippen LogP contribution in [0.25, 0.3) is 0 Å². The van der Waals surface area contributed by atoms with E-state index in [1.807, 2.05) is 0 Å². The number of sulfonamides is 1. The second-order valence-electron chi connectivity index (χ2n) is 4.63. The van der Waals surface area contributed by atoms with Crippen molar-refractivity contribution in [2.75, 3.05) is 17.0 Å². The van der Waals surface area contributed by atoms with Crippen molar-refractivity contribution in [2.24, 2.45) is 0 Å². The molecule has 1 aliphatic carbocycles. The van der Waals surface area contributed by atoms with Crippen molar-refractivity contribution in [3.05, 3.63) is 27.7 Å². The first kappa shape index (κ1) is 15.1. The van der Waals surface area contributed by atoms with Crippen LogP contribution in [0.2, 0.25) is 5.02 Å². The van der Waals surface area contributed by atoms with Gasteiger partial charge in [0.15, 0.2) is 0 Å². The molecule has 0 unspecified atom stereocenters. The average Bonchev–Trinajstić information content (AvgIpc) is 3.13. The van der Waals surface area contributed by atoms with Gasteiger partial charge in [-0.15, -0.1) is 0 Å². The highest BCUT2D eigenvalue weighted by Gasteiger charge is 2.20. The van der Waals surface area contributed by atoms with Crippen LogP contribution in [0.1, 0.15) is 19.3 Å². The monoisotopic (exact) mass is 366 g/mol. The van der Waals surface area contributed by atoms with Crippen LogP contribution in [-0.4, -0.2) is 26.8 Å². The van der Waals surface area contributed by atoms with Gasteiger partial charge in [-0.2, -0.15) is 0 Å². The molecule has 4 nitrogen and oxygen atoms in total. The Morgan fingerprint density at radius 2 is 2.11 bits per heavy atom. The lowest BCUT2D eigenvalue weighted by Crippen LogP contribution is -2.23. The van der Waals surface area contributed by atoms with Crippen LogP contribution in [0.5, 0.6) is 0 Å². The van der Waals surface area contributed by atoms with E-state index < -0.39 is 10.0 Å². The number of anilines is 1. The van der Waals surface area contributed by atoms with Crippen LogP contribution in [0.4, 0.5) is 5.69 Å². The van der Waals surface area contributed by atoms with Crippen molar-refractivity contribution >= 4 is 43.2 Å². The highest BCUT2D eigenvalue weighted by molar-refractivity contribution is 9.10. The zero-order valence-electron chi connectivity index (χ0n) is 10.3. The molecule has 1 aliphatic rings. The van der Waals surface area contributed by atoms with Crippen LogP contribution < -0.4 is 10.0 Å². The number of rotatable bonds is 7. The molecular weight excluding hydrogens is 352 g/mol. The third-order valence-electron chi connectivity index (χ3n) is 2.79. The highest BCUT2D eigenvalue weighted by Crippen LogP contribution is 2.26. The molecule has 0 spiro atoms. The predicted molar refractivity (Wildman–Crippen MR) is 82.2 cm³/mol.